The number of pyridine rings is 1. The topological polar surface area (TPSA) is 69.0 Å². The number of rotatable bonds is 6. The number of aromatic nitrogens is 3. The van der Waals surface area contributed by atoms with E-state index in [1.54, 1.807) is 24.6 Å². The molecule has 7 heteroatoms. The lowest BCUT2D eigenvalue weighted by molar-refractivity contribution is -0.115. The van der Waals surface area contributed by atoms with Gasteiger partial charge in [-0.3, -0.25) is 4.79 Å². The molecule has 1 N–H and O–H groups in total. The van der Waals surface area contributed by atoms with Crippen LogP contribution in [-0.2, 0) is 17.8 Å². The highest BCUT2D eigenvalue weighted by molar-refractivity contribution is 7.13. The SMILES string of the molecule is CCn1cc(-c2nc(CC(=O)Nc3ccc(OC)cc3)cs2)c2cccnc21. The monoisotopic (exact) mass is 392 g/mol. The summed E-state index contributed by atoms with van der Waals surface area (Å²) in [6.45, 7) is 2.94. The van der Waals surface area contributed by atoms with Crippen molar-refractivity contribution in [1.82, 2.24) is 14.5 Å². The van der Waals surface area contributed by atoms with Crippen LogP contribution >= 0.6 is 11.3 Å². The lowest BCUT2D eigenvalue weighted by atomic mass is 10.2. The third-order valence-electron chi connectivity index (χ3n) is 4.47. The Morgan fingerprint density at radius 3 is 2.82 bits per heavy atom. The molecule has 1 aromatic carbocycles. The molecule has 142 valence electrons. The van der Waals surface area contributed by atoms with Crippen molar-refractivity contribution < 1.29 is 9.53 Å². The van der Waals surface area contributed by atoms with Crippen molar-refractivity contribution >= 4 is 34.0 Å². The molecule has 0 fully saturated rings. The maximum atomic E-state index is 12.4. The first kappa shape index (κ1) is 18.2. The van der Waals surface area contributed by atoms with Gasteiger partial charge in [0.1, 0.15) is 16.4 Å². The predicted octanol–water partition coefficient (Wildman–Crippen LogP) is 4.37. The van der Waals surface area contributed by atoms with Gasteiger partial charge in [0.25, 0.3) is 0 Å². The summed E-state index contributed by atoms with van der Waals surface area (Å²) in [5, 5.41) is 6.81. The molecule has 4 aromatic rings. The Morgan fingerprint density at radius 2 is 2.07 bits per heavy atom. The van der Waals surface area contributed by atoms with Crippen molar-refractivity contribution in [3.8, 4) is 16.3 Å². The lowest BCUT2D eigenvalue weighted by Gasteiger charge is -2.05. The molecule has 0 saturated heterocycles. The molecule has 0 aliphatic rings. The van der Waals surface area contributed by atoms with E-state index in [4.69, 9.17) is 4.74 Å². The third-order valence-corrected chi connectivity index (χ3v) is 5.40. The third kappa shape index (κ3) is 3.61. The molecular weight excluding hydrogens is 372 g/mol. The van der Waals surface area contributed by atoms with Crippen LogP contribution in [0.1, 0.15) is 12.6 Å². The summed E-state index contributed by atoms with van der Waals surface area (Å²) in [5.74, 6) is 0.655. The van der Waals surface area contributed by atoms with Crippen LogP contribution in [0, 0.1) is 0 Å². The van der Waals surface area contributed by atoms with Gasteiger partial charge in [-0.25, -0.2) is 9.97 Å². The number of amides is 1. The molecule has 0 aliphatic heterocycles. The normalized spacial score (nSPS) is 10.9. The molecule has 0 spiro atoms. The molecular formula is C21H20N4O2S. The highest BCUT2D eigenvalue weighted by Gasteiger charge is 2.15. The molecule has 3 heterocycles. The number of hydrogen-bond donors (Lipinski definition) is 1. The Hall–Kier alpha value is -3.19. The van der Waals surface area contributed by atoms with Gasteiger partial charge in [0, 0.05) is 41.0 Å². The minimum atomic E-state index is -0.0975. The van der Waals surface area contributed by atoms with E-state index < -0.39 is 0 Å². The molecule has 1 amide bonds. The summed E-state index contributed by atoms with van der Waals surface area (Å²) in [4.78, 5) is 21.5. The number of carbonyl (C=O) groups excluding carboxylic acids is 1. The number of fused-ring (bicyclic) bond motifs is 1. The molecule has 0 radical (unpaired) electrons. The fourth-order valence-electron chi connectivity index (χ4n) is 3.09. The van der Waals surface area contributed by atoms with E-state index in [0.717, 1.165) is 45.3 Å². The van der Waals surface area contributed by atoms with Crippen LogP contribution in [0.3, 0.4) is 0 Å². The number of thiazole rings is 1. The average molecular weight is 392 g/mol. The smallest absolute Gasteiger partial charge is 0.230 e. The second kappa shape index (κ2) is 7.82. The molecule has 0 saturated carbocycles. The maximum Gasteiger partial charge on any atom is 0.230 e. The number of nitrogens with zero attached hydrogens (tertiary/aromatic N) is 3. The van der Waals surface area contributed by atoms with E-state index in [9.17, 15) is 4.79 Å². The number of benzene rings is 1. The van der Waals surface area contributed by atoms with Crippen LogP contribution in [0.5, 0.6) is 5.75 Å². The van der Waals surface area contributed by atoms with E-state index in [0.29, 0.717) is 0 Å². The van der Waals surface area contributed by atoms with E-state index in [1.165, 1.54) is 0 Å². The number of carbonyl (C=O) groups is 1. The Labute approximate surface area is 166 Å². The average Bonchev–Trinajstić information content (AvgIpc) is 3.32. The predicted molar refractivity (Wildman–Crippen MR) is 112 cm³/mol. The number of nitrogens with one attached hydrogen (secondary N) is 1. The molecule has 0 unspecified atom stereocenters. The minimum absolute atomic E-state index is 0.0975. The van der Waals surface area contributed by atoms with Crippen LogP contribution < -0.4 is 10.1 Å². The van der Waals surface area contributed by atoms with Crippen LogP contribution in [0.15, 0.2) is 54.2 Å². The van der Waals surface area contributed by atoms with Gasteiger partial charge in [0.05, 0.1) is 19.2 Å². The van der Waals surface area contributed by atoms with Crippen molar-refractivity contribution in [3.63, 3.8) is 0 Å². The van der Waals surface area contributed by atoms with Crippen molar-refractivity contribution in [2.45, 2.75) is 19.9 Å². The van der Waals surface area contributed by atoms with Gasteiger partial charge in [-0.15, -0.1) is 11.3 Å². The van der Waals surface area contributed by atoms with Gasteiger partial charge in [0.2, 0.25) is 5.91 Å². The van der Waals surface area contributed by atoms with Crippen LogP contribution in [0.25, 0.3) is 21.6 Å². The fourth-order valence-corrected chi connectivity index (χ4v) is 3.93. The van der Waals surface area contributed by atoms with Gasteiger partial charge >= 0.3 is 0 Å². The molecule has 28 heavy (non-hydrogen) atoms. The van der Waals surface area contributed by atoms with Crippen LogP contribution in [0.4, 0.5) is 5.69 Å². The molecule has 6 nitrogen and oxygen atoms in total. The summed E-state index contributed by atoms with van der Waals surface area (Å²) in [6.07, 6.45) is 4.11. The zero-order valence-corrected chi connectivity index (χ0v) is 16.5. The molecule has 0 bridgehead atoms. The van der Waals surface area contributed by atoms with Crippen LogP contribution in [-0.4, -0.2) is 27.6 Å². The largest absolute Gasteiger partial charge is 0.497 e. The van der Waals surface area contributed by atoms with Crippen LogP contribution in [0.2, 0.25) is 0 Å². The summed E-state index contributed by atoms with van der Waals surface area (Å²) in [5.41, 5.74) is 3.50. The summed E-state index contributed by atoms with van der Waals surface area (Å²) in [6, 6.07) is 11.2. The van der Waals surface area contributed by atoms with E-state index in [1.807, 2.05) is 35.7 Å². The van der Waals surface area contributed by atoms with Crippen molar-refractivity contribution in [2.24, 2.45) is 0 Å². The first-order valence-electron chi connectivity index (χ1n) is 9.00. The maximum absolute atomic E-state index is 12.4. The zero-order chi connectivity index (χ0) is 19.5. The Balaban J connectivity index is 1.51. The van der Waals surface area contributed by atoms with Gasteiger partial charge in [-0.05, 0) is 43.3 Å². The van der Waals surface area contributed by atoms with Crippen molar-refractivity contribution in [2.75, 3.05) is 12.4 Å². The number of methoxy groups -OCH3 is 1. The Bertz CT molecular complexity index is 1120. The molecule has 3 aromatic heterocycles. The zero-order valence-electron chi connectivity index (χ0n) is 15.7. The molecule has 0 atom stereocenters. The van der Waals surface area contributed by atoms with E-state index >= 15 is 0 Å². The highest BCUT2D eigenvalue weighted by atomic mass is 32.1. The van der Waals surface area contributed by atoms with Gasteiger partial charge in [-0.1, -0.05) is 0 Å². The number of anilines is 1. The number of aryl methyl sites for hydroxylation is 1. The molecule has 0 aliphatic carbocycles. The van der Waals surface area contributed by atoms with Crippen molar-refractivity contribution in [1.29, 1.82) is 0 Å². The first-order chi connectivity index (χ1) is 13.7. The highest BCUT2D eigenvalue weighted by Crippen LogP contribution is 2.32. The summed E-state index contributed by atoms with van der Waals surface area (Å²) >= 11 is 1.55. The Kier molecular flexibility index (Phi) is 5.08. The first-order valence-corrected chi connectivity index (χ1v) is 9.88. The Morgan fingerprint density at radius 1 is 1.25 bits per heavy atom. The van der Waals surface area contributed by atoms with E-state index in [-0.39, 0.29) is 12.3 Å². The number of hydrogen-bond acceptors (Lipinski definition) is 5. The van der Waals surface area contributed by atoms with E-state index in [2.05, 4.69) is 39.0 Å². The van der Waals surface area contributed by atoms with Crippen molar-refractivity contribution in [3.05, 3.63) is 59.9 Å². The van der Waals surface area contributed by atoms with Gasteiger partial charge < -0.3 is 14.6 Å². The van der Waals surface area contributed by atoms with Gasteiger partial charge in [0.15, 0.2) is 0 Å². The fraction of sp³-hybridized carbons (Fsp3) is 0.190. The second-order valence-corrected chi connectivity index (χ2v) is 7.16. The standard InChI is InChI=1S/C21H20N4O2S/c1-3-25-12-18(17-5-4-10-22-20(17)25)21-24-15(13-28-21)11-19(26)23-14-6-8-16(27-2)9-7-14/h4-10,12-13H,3,11H2,1-2H3,(H,23,26). The summed E-state index contributed by atoms with van der Waals surface area (Å²) < 4.78 is 7.24. The minimum Gasteiger partial charge on any atom is -0.497 e. The molecule has 4 rings (SSSR count). The second-order valence-electron chi connectivity index (χ2n) is 6.30. The number of ether oxygens (including phenoxy) is 1. The summed E-state index contributed by atoms with van der Waals surface area (Å²) in [7, 11) is 1.61. The quantitative estimate of drug-likeness (QED) is 0.529. The lowest BCUT2D eigenvalue weighted by Crippen LogP contribution is -2.14. The van der Waals surface area contributed by atoms with Gasteiger partial charge in [-0.2, -0.15) is 0 Å².